The molecular formula is HBK2O4P. The van der Waals surface area contributed by atoms with Crippen molar-refractivity contribution < 1.29 is 122 Å². The molecule has 0 aromatic heterocycles. The fraction of sp³-hybridized carbons (Fsp3) is 0. The van der Waals surface area contributed by atoms with Crippen LogP contribution in [0.1, 0.15) is 0 Å². The van der Waals surface area contributed by atoms with Crippen LogP contribution < -0.4 is 113 Å². The van der Waals surface area contributed by atoms with Gasteiger partial charge in [0.15, 0.2) is 0 Å². The maximum Gasteiger partial charge on any atom is 1.00 e. The number of hydrogen-bond acceptors (Lipinski definition) is 3. The smallest absolute Gasteiger partial charge is 0.790 e. The van der Waals surface area contributed by atoms with Gasteiger partial charge in [0.2, 0.25) is 0 Å². The molecule has 0 aromatic carbocycles. The Morgan fingerprint density at radius 2 is 1.25 bits per heavy atom. The van der Waals surface area contributed by atoms with Gasteiger partial charge in [0.05, 0.1) is 7.82 Å². The fourth-order valence-electron chi connectivity index (χ4n) is 0. The largest absolute Gasteiger partial charge is 1.00 e. The zero-order valence-corrected chi connectivity index (χ0v) is 11.8. The summed E-state index contributed by atoms with van der Waals surface area (Å²) in [5, 5.41) is 0. The summed E-state index contributed by atoms with van der Waals surface area (Å²) >= 11 is 0. The second kappa shape index (κ2) is 10.4. The Morgan fingerprint density at radius 3 is 1.25 bits per heavy atom. The predicted octanol–water partition coefficient (Wildman–Crippen LogP) is -8.57. The van der Waals surface area contributed by atoms with Crippen molar-refractivity contribution in [3.05, 3.63) is 0 Å². The van der Waals surface area contributed by atoms with Crippen LogP contribution in [-0.2, 0) is 4.57 Å². The second-order valence-electron chi connectivity index (χ2n) is 0.469. The molecule has 0 aliphatic carbocycles. The molecule has 8 heavy (non-hydrogen) atoms. The molecule has 0 aromatic rings. The molecule has 8 heteroatoms. The molecular weight excluding hydrogens is 184 g/mol. The van der Waals surface area contributed by atoms with Crippen molar-refractivity contribution in [3.8, 4) is 0 Å². The van der Waals surface area contributed by atoms with Crippen molar-refractivity contribution in [1.82, 2.24) is 0 Å². The first kappa shape index (κ1) is 22.5. The average Bonchev–Trinajstić information content (AvgIpc) is 0.722. The third-order valence-corrected chi connectivity index (χ3v) is 0. The van der Waals surface area contributed by atoms with Crippen molar-refractivity contribution in [2.24, 2.45) is 0 Å². The van der Waals surface area contributed by atoms with Gasteiger partial charge in [-0.25, -0.2) is 0 Å². The molecule has 0 aliphatic heterocycles. The Labute approximate surface area is 134 Å². The Balaban J connectivity index is -0.0000000267. The van der Waals surface area contributed by atoms with Gasteiger partial charge >= 0.3 is 103 Å². The molecule has 1 N–H and O–H groups in total. The molecule has 0 saturated carbocycles. The SMILES string of the molecule is O=P([O-])([O-])O.[B].[K+].[K+]. The minimum absolute atomic E-state index is 0. The van der Waals surface area contributed by atoms with Gasteiger partial charge in [0.25, 0.3) is 0 Å². The summed E-state index contributed by atoms with van der Waals surface area (Å²) in [6, 6.07) is 0. The molecule has 0 atom stereocenters. The van der Waals surface area contributed by atoms with E-state index in [1.54, 1.807) is 0 Å². The zero-order valence-electron chi connectivity index (χ0n) is 4.70. The van der Waals surface area contributed by atoms with Gasteiger partial charge < -0.3 is 19.2 Å². The van der Waals surface area contributed by atoms with Crippen molar-refractivity contribution in [3.63, 3.8) is 0 Å². The quantitative estimate of drug-likeness (QED) is 0.300. The standard InChI is InChI=1S/B.2K.H3O4P/c;;;1-5(2,3)4/h;;;(H3,1,2,3,4)/q;2*+1;/p-2. The van der Waals surface area contributed by atoms with E-state index in [1.807, 2.05) is 0 Å². The van der Waals surface area contributed by atoms with E-state index in [0.717, 1.165) is 0 Å². The summed E-state index contributed by atoms with van der Waals surface area (Å²) in [6.45, 7) is 0. The van der Waals surface area contributed by atoms with Crippen LogP contribution in [0.15, 0.2) is 0 Å². The maximum absolute atomic E-state index is 8.66. The van der Waals surface area contributed by atoms with Crippen LogP contribution in [0.25, 0.3) is 0 Å². The molecule has 0 amide bonds. The van der Waals surface area contributed by atoms with Gasteiger partial charge in [-0.1, -0.05) is 0 Å². The van der Waals surface area contributed by atoms with E-state index >= 15 is 0 Å². The molecule has 35 valence electrons. The van der Waals surface area contributed by atoms with Gasteiger partial charge in [-0.05, 0) is 0 Å². The second-order valence-corrected chi connectivity index (χ2v) is 1.41. The Kier molecular flexibility index (Phi) is 29.4. The zero-order chi connectivity index (χ0) is 4.50. The molecule has 3 radical (unpaired) electrons. The molecule has 0 spiro atoms. The van der Waals surface area contributed by atoms with Crippen LogP contribution in [0.5, 0.6) is 0 Å². The van der Waals surface area contributed by atoms with Gasteiger partial charge in [-0.15, -0.1) is 0 Å². The summed E-state index contributed by atoms with van der Waals surface area (Å²) in [5.41, 5.74) is 0. The Morgan fingerprint density at radius 1 is 1.25 bits per heavy atom. The normalized spacial score (nSPS) is 7.38. The van der Waals surface area contributed by atoms with Crippen molar-refractivity contribution in [2.45, 2.75) is 0 Å². The van der Waals surface area contributed by atoms with Crippen LogP contribution in [-0.4, -0.2) is 13.3 Å². The van der Waals surface area contributed by atoms with Crippen molar-refractivity contribution in [2.75, 3.05) is 0 Å². The van der Waals surface area contributed by atoms with E-state index in [2.05, 4.69) is 0 Å². The van der Waals surface area contributed by atoms with E-state index in [-0.39, 0.29) is 111 Å². The van der Waals surface area contributed by atoms with E-state index in [1.165, 1.54) is 0 Å². The topological polar surface area (TPSA) is 83.4 Å². The molecule has 0 rings (SSSR count). The first-order valence-corrected chi connectivity index (χ1v) is 2.24. The van der Waals surface area contributed by atoms with E-state index in [0.29, 0.717) is 0 Å². The summed E-state index contributed by atoms with van der Waals surface area (Å²) in [6.07, 6.45) is 0. The Bertz CT molecular complexity index is 60.2. The first-order valence-electron chi connectivity index (χ1n) is 0.748. The molecule has 0 fully saturated rings. The Hall–Kier alpha value is 3.45. The van der Waals surface area contributed by atoms with Crippen LogP contribution in [0.2, 0.25) is 0 Å². The first-order chi connectivity index (χ1) is 2.00. The van der Waals surface area contributed by atoms with Crippen LogP contribution in [0.4, 0.5) is 0 Å². The molecule has 0 aliphatic rings. The van der Waals surface area contributed by atoms with Crippen molar-refractivity contribution >= 4 is 16.2 Å². The average molecular weight is 185 g/mol. The summed E-state index contributed by atoms with van der Waals surface area (Å²) < 4.78 is 8.66. The van der Waals surface area contributed by atoms with Gasteiger partial charge in [-0.3, -0.25) is 0 Å². The number of rotatable bonds is 0. The van der Waals surface area contributed by atoms with Crippen LogP contribution in [0.3, 0.4) is 0 Å². The minimum atomic E-state index is -5.14. The monoisotopic (exact) mass is 185 g/mol. The van der Waals surface area contributed by atoms with Crippen LogP contribution in [0, 0.1) is 0 Å². The summed E-state index contributed by atoms with van der Waals surface area (Å²) in [7, 11) is -5.14. The molecule has 0 bridgehead atoms. The molecule has 0 unspecified atom stereocenters. The van der Waals surface area contributed by atoms with Crippen molar-refractivity contribution in [1.29, 1.82) is 0 Å². The van der Waals surface area contributed by atoms with Crippen LogP contribution >= 0.6 is 7.82 Å². The van der Waals surface area contributed by atoms with Gasteiger partial charge in [-0.2, -0.15) is 0 Å². The molecule has 0 saturated heterocycles. The van der Waals surface area contributed by atoms with E-state index in [9.17, 15) is 0 Å². The predicted molar refractivity (Wildman–Crippen MR) is 15.6 cm³/mol. The van der Waals surface area contributed by atoms with E-state index in [4.69, 9.17) is 19.2 Å². The molecule has 4 nitrogen and oxygen atoms in total. The molecule has 0 heterocycles. The number of phosphoric acid groups is 1. The van der Waals surface area contributed by atoms with Gasteiger partial charge in [0.1, 0.15) is 0 Å². The number of hydrogen-bond donors (Lipinski definition) is 1. The van der Waals surface area contributed by atoms with Gasteiger partial charge in [0, 0.05) is 8.41 Å². The third-order valence-electron chi connectivity index (χ3n) is 0. The summed E-state index contributed by atoms with van der Waals surface area (Å²) in [5.74, 6) is 0. The van der Waals surface area contributed by atoms with E-state index < -0.39 is 7.82 Å². The maximum atomic E-state index is 8.66. The summed E-state index contributed by atoms with van der Waals surface area (Å²) in [4.78, 5) is 24.3. The third kappa shape index (κ3) is 56.7. The minimum Gasteiger partial charge on any atom is -0.790 e. The fourth-order valence-corrected chi connectivity index (χ4v) is 0.